The van der Waals surface area contributed by atoms with Gasteiger partial charge in [0.2, 0.25) is 0 Å². The van der Waals surface area contributed by atoms with Crippen molar-refractivity contribution in [3.63, 3.8) is 0 Å². The summed E-state index contributed by atoms with van der Waals surface area (Å²) in [5.41, 5.74) is 6.30. The number of hydrogen-bond acceptors (Lipinski definition) is 4. The summed E-state index contributed by atoms with van der Waals surface area (Å²) < 4.78 is 33.0. The van der Waals surface area contributed by atoms with E-state index in [0.717, 1.165) is 6.42 Å². The summed E-state index contributed by atoms with van der Waals surface area (Å²) in [6.45, 7) is 1.83. The molecule has 1 aromatic carbocycles. The quantitative estimate of drug-likeness (QED) is 0.889. The Morgan fingerprint density at radius 3 is 2.38 bits per heavy atom. The van der Waals surface area contributed by atoms with Crippen LogP contribution in [0.1, 0.15) is 24.7 Å². The zero-order valence-electron chi connectivity index (χ0n) is 11.7. The smallest absolute Gasteiger partial charge is 0.191 e. The van der Waals surface area contributed by atoms with Crippen molar-refractivity contribution in [3.8, 4) is 5.75 Å². The molecule has 0 saturated heterocycles. The van der Waals surface area contributed by atoms with Crippen LogP contribution >= 0.6 is 0 Å². The van der Waals surface area contributed by atoms with Crippen molar-refractivity contribution in [2.24, 2.45) is 5.73 Å². The Labute approximate surface area is 122 Å². The molecule has 0 aliphatic heterocycles. The Bertz CT molecular complexity index is 570. The van der Waals surface area contributed by atoms with E-state index >= 15 is 0 Å². The van der Waals surface area contributed by atoms with Gasteiger partial charge in [-0.3, -0.25) is 0 Å². The van der Waals surface area contributed by atoms with Crippen molar-refractivity contribution in [2.45, 2.75) is 32.4 Å². The molecule has 2 aromatic rings. The van der Waals surface area contributed by atoms with Crippen LogP contribution in [0.4, 0.5) is 8.78 Å². The number of benzene rings is 1. The highest BCUT2D eigenvalue weighted by atomic mass is 19.1. The van der Waals surface area contributed by atoms with Crippen molar-refractivity contribution in [1.82, 2.24) is 9.97 Å². The van der Waals surface area contributed by atoms with E-state index in [1.54, 1.807) is 6.07 Å². The lowest BCUT2D eigenvalue weighted by Crippen LogP contribution is -2.21. The first-order valence-corrected chi connectivity index (χ1v) is 6.72. The zero-order chi connectivity index (χ0) is 15.2. The predicted molar refractivity (Wildman–Crippen MR) is 74.7 cm³/mol. The lowest BCUT2D eigenvalue weighted by atomic mass is 10.0. The maximum Gasteiger partial charge on any atom is 0.191 e. The van der Waals surface area contributed by atoms with Gasteiger partial charge in [0.1, 0.15) is 6.61 Å². The van der Waals surface area contributed by atoms with Crippen molar-refractivity contribution in [2.75, 3.05) is 0 Å². The zero-order valence-corrected chi connectivity index (χ0v) is 11.7. The molecule has 1 unspecified atom stereocenters. The molecule has 112 valence electrons. The van der Waals surface area contributed by atoms with Crippen molar-refractivity contribution >= 4 is 0 Å². The third kappa shape index (κ3) is 4.19. The van der Waals surface area contributed by atoms with Gasteiger partial charge in [0.25, 0.3) is 0 Å². The van der Waals surface area contributed by atoms with Gasteiger partial charge in [-0.1, -0.05) is 6.92 Å². The van der Waals surface area contributed by atoms with Crippen LogP contribution < -0.4 is 10.5 Å². The largest absolute Gasteiger partial charge is 0.479 e. The first-order valence-electron chi connectivity index (χ1n) is 6.72. The summed E-state index contributed by atoms with van der Waals surface area (Å²) >= 11 is 0. The van der Waals surface area contributed by atoms with E-state index in [9.17, 15) is 8.78 Å². The van der Waals surface area contributed by atoms with E-state index < -0.39 is 17.4 Å². The molecule has 0 bridgehead atoms. The fraction of sp³-hybridized carbons (Fsp3) is 0.333. The van der Waals surface area contributed by atoms with Crippen molar-refractivity contribution in [3.05, 3.63) is 53.6 Å². The second-order valence-electron chi connectivity index (χ2n) is 4.71. The Kier molecular flexibility index (Phi) is 5.16. The molecule has 1 heterocycles. The highest BCUT2D eigenvalue weighted by Crippen LogP contribution is 2.24. The molecule has 0 aliphatic carbocycles. The molecular weight excluding hydrogens is 276 g/mol. The van der Waals surface area contributed by atoms with Gasteiger partial charge in [-0.2, -0.15) is 0 Å². The van der Waals surface area contributed by atoms with Gasteiger partial charge in [-0.05, 0) is 36.6 Å². The number of halogens is 2. The van der Waals surface area contributed by atoms with Crippen molar-refractivity contribution < 1.29 is 13.5 Å². The molecular formula is C15H17F2N3O. The fourth-order valence-electron chi connectivity index (χ4n) is 1.86. The second kappa shape index (κ2) is 7.08. The van der Waals surface area contributed by atoms with Crippen LogP contribution in [0.3, 0.4) is 0 Å². The number of hydrogen-bond donors (Lipinski definition) is 1. The van der Waals surface area contributed by atoms with E-state index in [-0.39, 0.29) is 12.6 Å². The standard InChI is InChI=1S/C15H17F2N3O/c1-2-11(18)6-10-7-12(16)15(13(17)8-10)21-9-14-19-4-3-5-20-14/h3-5,7-8,11H,2,6,9,18H2,1H3. The molecule has 4 nitrogen and oxygen atoms in total. The number of ether oxygens (including phenoxy) is 1. The van der Waals surface area contributed by atoms with Crippen LogP contribution in [0.25, 0.3) is 0 Å². The maximum atomic E-state index is 13.9. The van der Waals surface area contributed by atoms with Crippen LogP contribution in [0.15, 0.2) is 30.6 Å². The Balaban J connectivity index is 2.10. The molecule has 1 aromatic heterocycles. The molecule has 0 fully saturated rings. The van der Waals surface area contributed by atoms with Crippen molar-refractivity contribution in [1.29, 1.82) is 0 Å². The number of aromatic nitrogens is 2. The lowest BCUT2D eigenvalue weighted by molar-refractivity contribution is 0.265. The van der Waals surface area contributed by atoms with Gasteiger partial charge in [0, 0.05) is 18.4 Å². The van der Waals surface area contributed by atoms with Gasteiger partial charge < -0.3 is 10.5 Å². The molecule has 21 heavy (non-hydrogen) atoms. The van der Waals surface area contributed by atoms with Crippen LogP contribution in [0.2, 0.25) is 0 Å². The molecule has 0 saturated carbocycles. The van der Waals surface area contributed by atoms with Gasteiger partial charge in [0.05, 0.1) is 0 Å². The molecule has 2 rings (SSSR count). The number of rotatable bonds is 6. The van der Waals surface area contributed by atoms with Crippen LogP contribution in [-0.4, -0.2) is 16.0 Å². The topological polar surface area (TPSA) is 61.0 Å². The van der Waals surface area contributed by atoms with E-state index in [4.69, 9.17) is 10.5 Å². The van der Waals surface area contributed by atoms with Crippen LogP contribution in [-0.2, 0) is 13.0 Å². The first kappa shape index (κ1) is 15.3. The molecule has 0 amide bonds. The molecule has 0 aliphatic rings. The highest BCUT2D eigenvalue weighted by molar-refractivity contribution is 5.31. The summed E-state index contributed by atoms with van der Waals surface area (Å²) in [4.78, 5) is 7.85. The minimum absolute atomic E-state index is 0.0947. The Morgan fingerprint density at radius 1 is 1.19 bits per heavy atom. The van der Waals surface area contributed by atoms with Gasteiger partial charge >= 0.3 is 0 Å². The minimum atomic E-state index is -0.746. The predicted octanol–water partition coefficient (Wildman–Crippen LogP) is 2.61. The monoisotopic (exact) mass is 293 g/mol. The molecule has 6 heteroatoms. The maximum absolute atomic E-state index is 13.9. The highest BCUT2D eigenvalue weighted by Gasteiger charge is 2.14. The minimum Gasteiger partial charge on any atom is -0.479 e. The normalized spacial score (nSPS) is 12.2. The Morgan fingerprint density at radius 2 is 1.81 bits per heavy atom. The molecule has 1 atom stereocenters. The SMILES string of the molecule is CCC(N)Cc1cc(F)c(OCc2ncccn2)c(F)c1. The number of nitrogens with zero attached hydrogens (tertiary/aromatic N) is 2. The van der Waals surface area contributed by atoms with E-state index in [1.165, 1.54) is 24.5 Å². The summed E-state index contributed by atoms with van der Waals surface area (Å²) in [6.07, 6.45) is 4.24. The van der Waals surface area contributed by atoms with E-state index in [0.29, 0.717) is 17.8 Å². The van der Waals surface area contributed by atoms with Gasteiger partial charge in [-0.25, -0.2) is 18.7 Å². The summed E-state index contributed by atoms with van der Waals surface area (Å²) in [6, 6.07) is 4.03. The summed E-state index contributed by atoms with van der Waals surface area (Å²) in [5.74, 6) is -1.56. The molecule has 0 radical (unpaired) electrons. The Hall–Kier alpha value is -2.08. The van der Waals surface area contributed by atoms with Gasteiger partial charge in [0.15, 0.2) is 23.2 Å². The first-order chi connectivity index (χ1) is 10.1. The number of nitrogens with two attached hydrogens (primary N) is 1. The van der Waals surface area contributed by atoms with Crippen LogP contribution in [0, 0.1) is 11.6 Å². The summed E-state index contributed by atoms with van der Waals surface area (Å²) in [5, 5.41) is 0. The lowest BCUT2D eigenvalue weighted by Gasteiger charge is -2.12. The average molecular weight is 293 g/mol. The van der Waals surface area contributed by atoms with Crippen LogP contribution in [0.5, 0.6) is 5.75 Å². The molecule has 2 N–H and O–H groups in total. The van der Waals surface area contributed by atoms with E-state index in [1.807, 2.05) is 6.92 Å². The van der Waals surface area contributed by atoms with E-state index in [2.05, 4.69) is 9.97 Å². The second-order valence-corrected chi connectivity index (χ2v) is 4.71. The third-order valence-corrected chi connectivity index (χ3v) is 3.05. The third-order valence-electron chi connectivity index (χ3n) is 3.05. The summed E-state index contributed by atoms with van der Waals surface area (Å²) in [7, 11) is 0. The van der Waals surface area contributed by atoms with Gasteiger partial charge in [-0.15, -0.1) is 0 Å². The fourth-order valence-corrected chi connectivity index (χ4v) is 1.86. The average Bonchev–Trinajstić information content (AvgIpc) is 2.47. The molecule has 0 spiro atoms.